The van der Waals surface area contributed by atoms with Crippen LogP contribution in [0, 0.1) is 19.3 Å². The highest BCUT2D eigenvalue weighted by atomic mass is 79.9. The molecule has 5 heterocycles. The molecule has 2 fully saturated rings. The Morgan fingerprint density at radius 2 is 1.98 bits per heavy atom. The maximum absolute atomic E-state index is 13.8. The third-order valence-corrected chi connectivity index (χ3v) is 8.51. The van der Waals surface area contributed by atoms with Crippen LogP contribution in [0.5, 0.6) is 0 Å². The summed E-state index contributed by atoms with van der Waals surface area (Å²) in [6.07, 6.45) is 6.00. The molecule has 6 rings (SSSR count). The molecule has 2 aliphatic rings. The first-order chi connectivity index (χ1) is 19.4. The number of piperidine rings is 1. The molecule has 1 saturated carbocycles. The molecule has 0 bridgehead atoms. The number of nitrogens with zero attached hydrogens (tertiary/aromatic N) is 7. The van der Waals surface area contributed by atoms with Gasteiger partial charge in [0.1, 0.15) is 34.9 Å². The van der Waals surface area contributed by atoms with Crippen molar-refractivity contribution in [2.45, 2.75) is 59.2 Å². The quantitative estimate of drug-likeness (QED) is 0.145. The average Bonchev–Trinajstić information content (AvgIpc) is 3.29. The molecule has 4 aromatic heterocycles. The van der Waals surface area contributed by atoms with Gasteiger partial charge in [-0.3, -0.25) is 24.0 Å². The molecular formula is C28H28BrN8O4+. The van der Waals surface area contributed by atoms with E-state index in [0.29, 0.717) is 44.8 Å². The largest absolute Gasteiger partial charge is 0.350 e. The minimum absolute atomic E-state index is 0.0413. The molecule has 0 spiro atoms. The van der Waals surface area contributed by atoms with Gasteiger partial charge in [0.15, 0.2) is 12.0 Å². The lowest BCUT2D eigenvalue weighted by atomic mass is 10.0. The summed E-state index contributed by atoms with van der Waals surface area (Å²) in [4.78, 5) is 54.4. The van der Waals surface area contributed by atoms with Gasteiger partial charge in [-0.1, -0.05) is 22.7 Å². The molecule has 1 saturated heterocycles. The smallest absolute Gasteiger partial charge is 0.333 e. The van der Waals surface area contributed by atoms with E-state index in [1.165, 1.54) is 17.8 Å². The number of carbonyl (C=O) groups is 3. The van der Waals surface area contributed by atoms with Crippen molar-refractivity contribution in [2.75, 3.05) is 5.32 Å². The highest BCUT2D eigenvalue weighted by molar-refractivity contribution is 9.10. The van der Waals surface area contributed by atoms with Crippen LogP contribution in [-0.2, 0) is 16.1 Å². The second-order valence-electron chi connectivity index (χ2n) is 11.1. The van der Waals surface area contributed by atoms with Crippen molar-refractivity contribution in [1.29, 1.82) is 0 Å². The van der Waals surface area contributed by atoms with Crippen molar-refractivity contribution in [3.63, 3.8) is 0 Å². The monoisotopic (exact) mass is 619 g/mol. The summed E-state index contributed by atoms with van der Waals surface area (Å²) < 4.78 is 2.97. The van der Waals surface area contributed by atoms with Gasteiger partial charge >= 0.3 is 5.82 Å². The van der Waals surface area contributed by atoms with E-state index in [-0.39, 0.29) is 41.3 Å². The van der Waals surface area contributed by atoms with E-state index in [2.05, 4.69) is 48.2 Å². The zero-order chi connectivity index (χ0) is 29.2. The molecule has 210 valence electrons. The van der Waals surface area contributed by atoms with E-state index in [4.69, 9.17) is 0 Å². The summed E-state index contributed by atoms with van der Waals surface area (Å²) in [5.41, 5.74) is 2.45. The molecule has 0 radical (unpaired) electrons. The first-order valence-electron chi connectivity index (χ1n) is 13.2. The van der Waals surface area contributed by atoms with Crippen LogP contribution >= 0.6 is 15.9 Å². The maximum Gasteiger partial charge on any atom is 0.333 e. The average molecular weight is 620 g/mol. The van der Waals surface area contributed by atoms with Crippen LogP contribution in [0.25, 0.3) is 22.2 Å². The van der Waals surface area contributed by atoms with Gasteiger partial charge in [0, 0.05) is 25.3 Å². The third-order valence-electron chi connectivity index (χ3n) is 8.06. The predicted octanol–water partition coefficient (Wildman–Crippen LogP) is 3.01. The Kier molecular flexibility index (Phi) is 6.36. The van der Waals surface area contributed by atoms with Crippen LogP contribution in [0.1, 0.15) is 48.6 Å². The first-order valence-corrected chi connectivity index (χ1v) is 13.9. The lowest BCUT2D eigenvalue weighted by Crippen LogP contribution is -2.47. The Balaban J connectivity index is 1.29. The van der Waals surface area contributed by atoms with Gasteiger partial charge in [-0.15, -0.1) is 0 Å². The molecule has 1 unspecified atom stereocenters. The predicted molar refractivity (Wildman–Crippen MR) is 150 cm³/mol. The number of aromatic nitrogens is 6. The second-order valence-corrected chi connectivity index (χ2v) is 11.9. The number of amides is 2. The molecule has 1 aliphatic heterocycles. The van der Waals surface area contributed by atoms with Gasteiger partial charge in [-0.05, 0) is 58.8 Å². The summed E-state index contributed by atoms with van der Waals surface area (Å²) in [5, 5.41) is 17.9. The Bertz CT molecular complexity index is 1770. The molecule has 2 amide bonds. The number of likely N-dealkylation sites (tertiary alicyclic amines) is 1. The Hall–Kier alpha value is -4.26. The number of hydrogen-bond donors (Lipinski definition) is 2. The summed E-state index contributed by atoms with van der Waals surface area (Å²) in [7, 11) is 0. The molecule has 1 aliphatic carbocycles. The fourth-order valence-electron chi connectivity index (χ4n) is 5.62. The van der Waals surface area contributed by atoms with E-state index in [1.54, 1.807) is 36.4 Å². The standard InChI is InChI=1S/C28H27BrN8O4/c1-14-5-6-23(29)32-26(14)33-27(40)20-8-28(4)9-22(28)37(20)24(39)13-35-21-11-31-19(7-18(21)25(34-35)15(2)38)17-10-30-16(3)36(41)12-17/h5-7,10-12,20,22H,8-9,13H2,1-4H3,(H-,32,33,40,41)/p+1/t20-,22?,28-/m0/s1. The topological polar surface area (TPSA) is 147 Å². The van der Waals surface area contributed by atoms with Crippen molar-refractivity contribution in [3.8, 4) is 11.3 Å². The minimum Gasteiger partial charge on any atom is -0.350 e. The molecule has 3 atom stereocenters. The van der Waals surface area contributed by atoms with Crippen molar-refractivity contribution in [3.05, 3.63) is 58.5 Å². The Labute approximate surface area is 243 Å². The number of carbonyl (C=O) groups excluding carboxylic acids is 3. The number of fused-ring (bicyclic) bond motifs is 2. The number of pyridine rings is 2. The SMILES string of the molecule is CC(=O)c1nn(CC(=O)N2C3C[C@]3(C)C[C@H]2C(=O)Nc2nc(Br)ccc2C)c2cnc(-c3cnc(C)[n+](O)c3)cc12. The molecule has 41 heavy (non-hydrogen) atoms. The van der Waals surface area contributed by atoms with Crippen molar-refractivity contribution >= 4 is 50.2 Å². The zero-order valence-electron chi connectivity index (χ0n) is 22.9. The van der Waals surface area contributed by atoms with Gasteiger partial charge in [-0.25, -0.2) is 4.98 Å². The molecular weight excluding hydrogens is 592 g/mol. The van der Waals surface area contributed by atoms with Crippen LogP contribution in [0.4, 0.5) is 5.82 Å². The molecule has 4 aromatic rings. The number of hydrogen-bond acceptors (Lipinski definition) is 8. The molecule has 0 aromatic carbocycles. The van der Waals surface area contributed by atoms with Gasteiger partial charge in [0.05, 0.1) is 23.0 Å². The number of halogens is 1. The summed E-state index contributed by atoms with van der Waals surface area (Å²) in [6.45, 7) is 6.87. The van der Waals surface area contributed by atoms with E-state index in [9.17, 15) is 19.6 Å². The molecule has 2 N–H and O–H groups in total. The van der Waals surface area contributed by atoms with Crippen molar-refractivity contribution in [2.24, 2.45) is 5.41 Å². The number of aryl methyl sites for hydroxylation is 2. The second kappa shape index (κ2) is 9.68. The van der Waals surface area contributed by atoms with Crippen LogP contribution in [-0.4, -0.2) is 64.5 Å². The fraction of sp³-hybridized carbons (Fsp3) is 0.357. The summed E-state index contributed by atoms with van der Waals surface area (Å²) >= 11 is 3.34. The van der Waals surface area contributed by atoms with Crippen molar-refractivity contribution in [1.82, 2.24) is 29.6 Å². The van der Waals surface area contributed by atoms with E-state index in [1.807, 2.05) is 13.0 Å². The number of anilines is 1. The Morgan fingerprint density at radius 3 is 2.71 bits per heavy atom. The van der Waals surface area contributed by atoms with Gasteiger partial charge in [0.2, 0.25) is 11.8 Å². The lowest BCUT2D eigenvalue weighted by Gasteiger charge is -2.27. The molecule has 13 heteroatoms. The van der Waals surface area contributed by atoms with Crippen LogP contribution in [0.3, 0.4) is 0 Å². The van der Waals surface area contributed by atoms with E-state index < -0.39 is 6.04 Å². The zero-order valence-corrected chi connectivity index (χ0v) is 24.5. The summed E-state index contributed by atoms with van der Waals surface area (Å²) in [6, 6.07) is 4.66. The van der Waals surface area contributed by atoms with Crippen LogP contribution in [0.15, 0.2) is 41.4 Å². The lowest BCUT2D eigenvalue weighted by molar-refractivity contribution is -0.910. The summed E-state index contributed by atoms with van der Waals surface area (Å²) in [5.74, 6) is 0.0540. The minimum atomic E-state index is -0.649. The number of rotatable bonds is 6. The van der Waals surface area contributed by atoms with Gasteiger partial charge < -0.3 is 15.4 Å². The van der Waals surface area contributed by atoms with E-state index in [0.717, 1.165) is 16.7 Å². The van der Waals surface area contributed by atoms with Crippen molar-refractivity contribution < 1.29 is 24.3 Å². The molecule has 12 nitrogen and oxygen atoms in total. The van der Waals surface area contributed by atoms with Gasteiger partial charge in [0.25, 0.3) is 0 Å². The number of nitrogens with one attached hydrogen (secondary N) is 1. The highest BCUT2D eigenvalue weighted by Gasteiger charge is 2.64. The fourth-order valence-corrected chi connectivity index (χ4v) is 5.93. The maximum atomic E-state index is 13.8. The van der Waals surface area contributed by atoms with Crippen LogP contribution < -0.4 is 10.0 Å². The number of Topliss-reactive ketones (excluding diaryl/α,β-unsaturated/α-hetero) is 1. The van der Waals surface area contributed by atoms with Gasteiger partial charge in [-0.2, -0.15) is 5.10 Å². The first kappa shape index (κ1) is 26.9. The highest BCUT2D eigenvalue weighted by Crippen LogP contribution is 2.59. The Morgan fingerprint density at radius 1 is 1.20 bits per heavy atom. The number of ketones is 1. The third kappa shape index (κ3) is 4.73. The van der Waals surface area contributed by atoms with Crippen LogP contribution in [0.2, 0.25) is 0 Å². The normalized spacial score (nSPS) is 21.1. The van der Waals surface area contributed by atoms with E-state index >= 15 is 0 Å².